The number of rotatable bonds is 17. The third-order valence-corrected chi connectivity index (χ3v) is 14.2. The molecule has 3 N–H and O–H groups in total. The molecule has 0 aliphatic heterocycles. The lowest BCUT2D eigenvalue weighted by Crippen LogP contribution is -2.14. The molecule has 0 aliphatic carbocycles. The van der Waals surface area contributed by atoms with Gasteiger partial charge in [0.1, 0.15) is 0 Å². The van der Waals surface area contributed by atoms with Crippen LogP contribution >= 0.6 is 0 Å². The summed E-state index contributed by atoms with van der Waals surface area (Å²) in [6, 6.07) is 79.1. The minimum atomic E-state index is -0.744. The van der Waals surface area contributed by atoms with Crippen molar-refractivity contribution >= 4 is 73.9 Å². The molecular weight excluding hydrogens is 1120 g/mol. The lowest BCUT2D eigenvalue weighted by atomic mass is 9.97. The maximum Gasteiger partial charge on any atom is 0.330 e. The standard InChI is InChI=1S/C19H18N2O.C19H20N2.2C11H12O2.C10H12O2.C8H8O/c1-14(15-7-3-2-4-8-15)13-18(22)21-17-11-5-9-16-10-6-12-20-19(16)17;1-15(16-7-3-2-4-8-16)12-14-20-18-11-5-9-17-10-6-13-21-19(17)18;2*1-9(8-11(12)13-2)10-6-4-3-5-7-10;1-8(7-10(11)12)9-5-3-2-4-6-9;1-7(9)8-5-3-2-4-6-8/h2-12,14H,13H2,1H3,(H,21,22);2-11,13,15,20H,12,14H2,1H3;2*3-8H,1-2H3;2-6,8H,7H2,1H3,(H,11,12);2-6H,1H3/b;;2*9-8+;;. The number of amides is 1. The Kier molecular flexibility index (Phi) is 30.6. The van der Waals surface area contributed by atoms with Gasteiger partial charge in [-0.15, -0.1) is 0 Å². The van der Waals surface area contributed by atoms with Gasteiger partial charge in [0.05, 0.1) is 43.0 Å². The molecule has 0 bridgehead atoms. The second kappa shape index (κ2) is 39.3. The topological polar surface area (TPSA) is 174 Å². The summed E-state index contributed by atoms with van der Waals surface area (Å²) >= 11 is 0. The molecular formula is C78H82N4O8. The maximum atomic E-state index is 12.3. The van der Waals surface area contributed by atoms with Gasteiger partial charge in [-0.3, -0.25) is 24.4 Å². The highest BCUT2D eigenvalue weighted by molar-refractivity contribution is 6.00. The van der Waals surface area contributed by atoms with E-state index in [1.807, 2.05) is 203 Å². The Morgan fingerprint density at radius 2 is 0.789 bits per heavy atom. The number of carboxylic acids is 1. The second-order valence-corrected chi connectivity index (χ2v) is 21.1. The lowest BCUT2D eigenvalue weighted by molar-refractivity contribution is -0.137. The van der Waals surface area contributed by atoms with Crippen LogP contribution in [0.5, 0.6) is 0 Å². The number of nitrogens with zero attached hydrogens (tertiary/aromatic N) is 2. The van der Waals surface area contributed by atoms with E-state index in [1.165, 1.54) is 42.9 Å². The van der Waals surface area contributed by atoms with Gasteiger partial charge in [0.25, 0.3) is 0 Å². The lowest BCUT2D eigenvalue weighted by Gasteiger charge is -2.14. The number of hydrogen-bond donors (Lipinski definition) is 3. The van der Waals surface area contributed by atoms with Crippen LogP contribution in [-0.4, -0.2) is 65.4 Å². The number of nitrogens with one attached hydrogen (secondary N) is 2. The maximum absolute atomic E-state index is 12.3. The number of Topliss-reactive ketones (excluding diaryl/α,β-unsaturated/α-hetero) is 1. The predicted octanol–water partition coefficient (Wildman–Crippen LogP) is 17.9. The van der Waals surface area contributed by atoms with E-state index < -0.39 is 5.97 Å². The monoisotopic (exact) mass is 1200 g/mol. The first-order valence-corrected chi connectivity index (χ1v) is 29.8. The zero-order chi connectivity index (χ0) is 64.9. The zero-order valence-electron chi connectivity index (χ0n) is 52.7. The summed E-state index contributed by atoms with van der Waals surface area (Å²) in [7, 11) is 2.74. The number of esters is 2. The van der Waals surface area contributed by atoms with Crippen molar-refractivity contribution < 1.29 is 38.6 Å². The van der Waals surface area contributed by atoms with Crippen LogP contribution in [0.3, 0.4) is 0 Å². The molecule has 0 saturated heterocycles. The molecule has 3 atom stereocenters. The van der Waals surface area contributed by atoms with Gasteiger partial charge in [-0.05, 0) is 108 Å². The van der Waals surface area contributed by atoms with Gasteiger partial charge < -0.3 is 25.2 Å². The van der Waals surface area contributed by atoms with Crippen molar-refractivity contribution in [3.8, 4) is 0 Å². The molecule has 0 fully saturated rings. The van der Waals surface area contributed by atoms with Crippen molar-refractivity contribution in [3.63, 3.8) is 0 Å². The number of para-hydroxylation sites is 2. The van der Waals surface area contributed by atoms with Gasteiger partial charge in [0.15, 0.2) is 5.78 Å². The van der Waals surface area contributed by atoms with Crippen molar-refractivity contribution in [1.29, 1.82) is 0 Å². The minimum absolute atomic E-state index is 0.00880. The van der Waals surface area contributed by atoms with Crippen LogP contribution in [0.15, 0.2) is 267 Å². The summed E-state index contributed by atoms with van der Waals surface area (Å²) in [6.07, 6.45) is 8.31. The van der Waals surface area contributed by atoms with E-state index in [4.69, 9.17) is 5.11 Å². The van der Waals surface area contributed by atoms with Crippen molar-refractivity contribution in [1.82, 2.24) is 9.97 Å². The number of anilines is 2. The van der Waals surface area contributed by atoms with Crippen LogP contribution in [0.25, 0.3) is 33.0 Å². The van der Waals surface area contributed by atoms with Crippen LogP contribution in [-0.2, 0) is 28.7 Å². The van der Waals surface area contributed by atoms with E-state index in [1.54, 1.807) is 13.1 Å². The molecule has 2 aromatic heterocycles. The molecule has 90 heavy (non-hydrogen) atoms. The summed E-state index contributed by atoms with van der Waals surface area (Å²) in [6.45, 7) is 12.5. The predicted molar refractivity (Wildman–Crippen MR) is 367 cm³/mol. The van der Waals surface area contributed by atoms with Crippen LogP contribution < -0.4 is 10.6 Å². The molecule has 0 saturated carbocycles. The third-order valence-electron chi connectivity index (χ3n) is 14.2. The number of ether oxygens (including phenoxy) is 2. The number of allylic oxidation sites excluding steroid dienone is 2. The Labute approximate surface area is 530 Å². The van der Waals surface area contributed by atoms with Crippen molar-refractivity contribution in [2.24, 2.45) is 0 Å². The second-order valence-electron chi connectivity index (χ2n) is 21.1. The Hall–Kier alpha value is -10.6. The van der Waals surface area contributed by atoms with Crippen molar-refractivity contribution in [3.05, 3.63) is 301 Å². The SMILES string of the molecule is CC(=O)c1ccccc1.CC(CC(=O)Nc1cccc2cccnc12)c1ccccc1.CC(CC(=O)O)c1ccccc1.CC(CCNc1cccc2cccnc12)c1ccccc1.COC(=O)/C=C(\C)c1ccccc1.COC(=O)/C=C(\C)c1ccccc1. The van der Waals surface area contributed by atoms with Gasteiger partial charge in [0, 0.05) is 53.8 Å². The van der Waals surface area contributed by atoms with E-state index >= 15 is 0 Å². The van der Waals surface area contributed by atoms with Crippen LogP contribution in [0.2, 0.25) is 0 Å². The van der Waals surface area contributed by atoms with Crippen LogP contribution in [0.4, 0.5) is 11.4 Å². The largest absolute Gasteiger partial charge is 0.481 e. The van der Waals surface area contributed by atoms with Gasteiger partial charge >= 0.3 is 17.9 Å². The first-order chi connectivity index (χ1) is 43.6. The number of fused-ring (bicyclic) bond motifs is 2. The number of carbonyl (C=O) groups excluding carboxylic acids is 4. The van der Waals surface area contributed by atoms with Gasteiger partial charge in [-0.1, -0.05) is 239 Å². The molecule has 8 aromatic carbocycles. The number of methoxy groups -OCH3 is 2. The van der Waals surface area contributed by atoms with E-state index in [0.29, 0.717) is 12.3 Å². The molecule has 3 unspecified atom stereocenters. The fourth-order valence-electron chi connectivity index (χ4n) is 9.08. The highest BCUT2D eigenvalue weighted by atomic mass is 16.5. The first kappa shape index (κ1) is 70.2. The molecule has 2 heterocycles. The Balaban J connectivity index is 0.000000202. The molecule has 10 aromatic rings. The number of aromatic nitrogens is 2. The quantitative estimate of drug-likeness (QED) is 0.0450. The highest BCUT2D eigenvalue weighted by Crippen LogP contribution is 2.25. The van der Waals surface area contributed by atoms with E-state index in [9.17, 15) is 24.0 Å². The summed E-state index contributed by atoms with van der Waals surface area (Å²) in [5.41, 5.74) is 12.1. The van der Waals surface area contributed by atoms with E-state index in [0.717, 1.165) is 74.2 Å². The Bertz CT molecular complexity index is 3750. The number of ketones is 1. The fraction of sp³-hybridized carbons (Fsp3) is 0.192. The van der Waals surface area contributed by atoms with E-state index in [-0.39, 0.29) is 41.9 Å². The smallest absolute Gasteiger partial charge is 0.330 e. The summed E-state index contributed by atoms with van der Waals surface area (Å²) in [5, 5.41) is 17.3. The number of carboxylic acid groups (broad SMARTS) is 1. The minimum Gasteiger partial charge on any atom is -0.481 e. The van der Waals surface area contributed by atoms with E-state index in [2.05, 4.69) is 111 Å². The van der Waals surface area contributed by atoms with Crippen molar-refractivity contribution in [2.75, 3.05) is 31.4 Å². The third kappa shape index (κ3) is 25.4. The van der Waals surface area contributed by atoms with Crippen LogP contribution in [0, 0.1) is 0 Å². The molecule has 1 amide bonds. The molecule has 0 radical (unpaired) electrons. The molecule has 0 spiro atoms. The number of carbonyl (C=O) groups is 5. The van der Waals surface area contributed by atoms with Crippen molar-refractivity contribution in [2.45, 2.75) is 78.6 Å². The van der Waals surface area contributed by atoms with Gasteiger partial charge in [-0.2, -0.15) is 0 Å². The summed E-state index contributed by atoms with van der Waals surface area (Å²) in [4.78, 5) is 64.0. The summed E-state index contributed by atoms with van der Waals surface area (Å²) < 4.78 is 9.05. The number of aliphatic carboxylic acids is 1. The molecule has 12 heteroatoms. The normalized spacial score (nSPS) is 11.6. The highest BCUT2D eigenvalue weighted by Gasteiger charge is 2.13. The average Bonchev–Trinajstić information content (AvgIpc) is 2.17. The molecule has 10 rings (SSSR count). The molecule has 12 nitrogen and oxygen atoms in total. The average molecular weight is 1200 g/mol. The summed E-state index contributed by atoms with van der Waals surface area (Å²) in [5.74, 6) is -0.409. The number of benzene rings is 8. The van der Waals surface area contributed by atoms with Gasteiger partial charge in [-0.25, -0.2) is 9.59 Å². The first-order valence-electron chi connectivity index (χ1n) is 29.8. The van der Waals surface area contributed by atoms with Gasteiger partial charge in [0.2, 0.25) is 5.91 Å². The zero-order valence-corrected chi connectivity index (χ0v) is 52.7. The molecule has 0 aliphatic rings. The molecule has 462 valence electrons. The fourth-order valence-corrected chi connectivity index (χ4v) is 9.08. The number of pyridine rings is 2. The Morgan fingerprint density at radius 1 is 0.433 bits per heavy atom. The Morgan fingerprint density at radius 3 is 1.18 bits per heavy atom. The number of hydrogen-bond acceptors (Lipinski definition) is 10. The van der Waals surface area contributed by atoms with Crippen LogP contribution in [0.1, 0.15) is 117 Å².